The van der Waals surface area contributed by atoms with Gasteiger partial charge in [0.05, 0.1) is 18.2 Å². The van der Waals surface area contributed by atoms with E-state index in [2.05, 4.69) is 37.1 Å². The number of aliphatic hydroxyl groups is 2. The highest BCUT2D eigenvalue weighted by atomic mass is 32.2. The maximum absolute atomic E-state index is 15.2. The lowest BCUT2D eigenvalue weighted by Crippen LogP contribution is -2.70. The van der Waals surface area contributed by atoms with E-state index >= 15 is 4.79 Å². The standard InChI is InChI=1S/C52H66N2O9S/c1-4-28-60-52-48(54(49(57)25-17-35-12-6-7-13-35)33-36-16-23-46-47(29-36)59-34-58-46)32-44(53-61-5-2)42-30-37(14-8-10-26-55)41(15-9-11-27-56)50(51(42)52)43-31-39(20-24-45(43)63-52)62-38-18-21-40(64-3)22-19-38/h4,16,18-24,29-31,35,37,41,48,50-51,55-56H,1,5-15,17,25-28,32-34H2,2-3H3/t37-,41+,48-,50+,51+,52+/m0/s1. The zero-order valence-corrected chi connectivity index (χ0v) is 38.4. The van der Waals surface area contributed by atoms with Gasteiger partial charge in [-0.3, -0.25) is 4.79 Å². The van der Waals surface area contributed by atoms with Crippen LogP contribution in [0.1, 0.15) is 107 Å². The Hall–Kier alpha value is -4.49. The molecule has 1 amide bonds. The Bertz CT molecular complexity index is 2120. The number of ether oxygens (including phenoxy) is 5. The van der Waals surface area contributed by atoms with Crippen molar-refractivity contribution in [2.24, 2.45) is 28.8 Å². The predicted octanol–water partition coefficient (Wildman–Crippen LogP) is 10.6. The first kappa shape index (κ1) is 46.1. The van der Waals surface area contributed by atoms with Gasteiger partial charge < -0.3 is 43.6 Å². The third-order valence-electron chi connectivity index (χ3n) is 14.0. The molecule has 5 aliphatic rings. The average molecular weight is 895 g/mol. The van der Waals surface area contributed by atoms with Crippen LogP contribution in [-0.4, -0.2) is 78.0 Å². The molecule has 2 aliphatic heterocycles. The van der Waals surface area contributed by atoms with Crippen LogP contribution in [0.5, 0.6) is 28.7 Å². The summed E-state index contributed by atoms with van der Waals surface area (Å²) < 4.78 is 32.9. The molecule has 0 saturated heterocycles. The van der Waals surface area contributed by atoms with E-state index in [-0.39, 0.29) is 50.3 Å². The molecule has 11 nitrogen and oxygen atoms in total. The van der Waals surface area contributed by atoms with Gasteiger partial charge in [0.15, 0.2) is 11.5 Å². The fourth-order valence-electron chi connectivity index (χ4n) is 11.0. The summed E-state index contributed by atoms with van der Waals surface area (Å²) in [4.78, 5) is 24.4. The molecule has 0 unspecified atom stereocenters. The van der Waals surface area contributed by atoms with E-state index < -0.39 is 17.7 Å². The van der Waals surface area contributed by atoms with E-state index in [9.17, 15) is 10.2 Å². The molecule has 344 valence electrons. The quantitative estimate of drug-likeness (QED) is 0.0435. The maximum Gasteiger partial charge on any atom is 0.239 e. The van der Waals surface area contributed by atoms with Crippen LogP contribution in [0.25, 0.3) is 0 Å². The molecule has 0 aromatic heterocycles. The molecule has 0 spiro atoms. The number of rotatable bonds is 22. The highest BCUT2D eigenvalue weighted by Crippen LogP contribution is 2.62. The minimum atomic E-state index is -1.36. The summed E-state index contributed by atoms with van der Waals surface area (Å²) >= 11 is 1.69. The number of hydrogen-bond donors (Lipinski definition) is 2. The minimum Gasteiger partial charge on any atom is -0.459 e. The monoisotopic (exact) mass is 894 g/mol. The second kappa shape index (κ2) is 21.7. The SMILES string of the molecule is C=CCO[C@@]12Oc3ccc(Oc4ccc(SC)cc4)cc3[C@H]3[C@H](CCCCO)[C@@H](CCCCO)C=C(C(=NOCC)C[C@@H]1N(Cc1ccc4c(c1)OCO4)C(=O)CCC1CCCC1)[C@H]32. The fourth-order valence-corrected chi connectivity index (χ4v) is 11.4. The van der Waals surface area contributed by atoms with Gasteiger partial charge in [0.1, 0.15) is 29.9 Å². The fraction of sp³-hybridized carbons (Fsp3) is 0.538. The van der Waals surface area contributed by atoms with Crippen molar-refractivity contribution in [3.63, 3.8) is 0 Å². The third-order valence-corrected chi connectivity index (χ3v) is 14.7. The van der Waals surface area contributed by atoms with Crippen molar-refractivity contribution < 1.29 is 43.5 Å². The zero-order chi connectivity index (χ0) is 44.5. The smallest absolute Gasteiger partial charge is 0.239 e. The van der Waals surface area contributed by atoms with E-state index in [1.54, 1.807) is 17.8 Å². The van der Waals surface area contributed by atoms with E-state index in [4.69, 9.17) is 33.7 Å². The number of unbranched alkanes of at least 4 members (excludes halogenated alkanes) is 2. The van der Waals surface area contributed by atoms with Crippen molar-refractivity contribution in [3.8, 4) is 28.7 Å². The molecular weight excluding hydrogens is 829 g/mol. The molecule has 12 heteroatoms. The lowest BCUT2D eigenvalue weighted by molar-refractivity contribution is -0.258. The van der Waals surface area contributed by atoms with Crippen LogP contribution in [0.3, 0.4) is 0 Å². The van der Waals surface area contributed by atoms with Crippen molar-refractivity contribution in [1.82, 2.24) is 4.90 Å². The highest BCUT2D eigenvalue weighted by Gasteiger charge is 2.65. The first-order valence-corrected chi connectivity index (χ1v) is 24.8. The van der Waals surface area contributed by atoms with Crippen molar-refractivity contribution in [3.05, 3.63) is 96.1 Å². The molecule has 2 fully saturated rings. The molecule has 8 rings (SSSR count). The maximum atomic E-state index is 15.2. The van der Waals surface area contributed by atoms with Gasteiger partial charge in [-0.15, -0.1) is 18.3 Å². The van der Waals surface area contributed by atoms with E-state index in [1.165, 1.54) is 12.8 Å². The summed E-state index contributed by atoms with van der Waals surface area (Å²) in [5.41, 5.74) is 3.72. The number of carbonyl (C=O) groups excluding carboxylic acids is 1. The number of allylic oxidation sites excluding steroid dienone is 1. The van der Waals surface area contributed by atoms with Crippen LogP contribution in [0.15, 0.2) is 95.0 Å². The van der Waals surface area contributed by atoms with Gasteiger partial charge in [-0.1, -0.05) is 61.9 Å². The first-order chi connectivity index (χ1) is 31.4. The van der Waals surface area contributed by atoms with Gasteiger partial charge in [-0.05, 0) is 129 Å². The van der Waals surface area contributed by atoms with Crippen LogP contribution in [0.2, 0.25) is 0 Å². The molecule has 3 aromatic rings. The van der Waals surface area contributed by atoms with Crippen LogP contribution in [0.4, 0.5) is 0 Å². The van der Waals surface area contributed by atoms with E-state index in [0.29, 0.717) is 67.8 Å². The normalized spacial score (nSPS) is 25.0. The summed E-state index contributed by atoms with van der Waals surface area (Å²) in [6, 6.07) is 19.5. The van der Waals surface area contributed by atoms with Crippen molar-refractivity contribution >= 4 is 23.4 Å². The Kier molecular flexibility index (Phi) is 15.6. The molecule has 3 aromatic carbocycles. The van der Waals surface area contributed by atoms with Crippen LogP contribution < -0.4 is 18.9 Å². The number of carbonyl (C=O) groups is 1. The van der Waals surface area contributed by atoms with Gasteiger partial charge in [0.25, 0.3) is 0 Å². The van der Waals surface area contributed by atoms with Gasteiger partial charge >= 0.3 is 0 Å². The summed E-state index contributed by atoms with van der Waals surface area (Å²) in [6.45, 7) is 7.31. The van der Waals surface area contributed by atoms with Gasteiger partial charge in [0, 0.05) is 49.0 Å². The Balaban J connectivity index is 1.30. The Morgan fingerprint density at radius 3 is 2.44 bits per heavy atom. The predicted molar refractivity (Wildman–Crippen MR) is 249 cm³/mol. The second-order valence-electron chi connectivity index (χ2n) is 17.9. The molecular formula is C52H66N2O9S. The van der Waals surface area contributed by atoms with Crippen LogP contribution >= 0.6 is 11.8 Å². The number of fused-ring (bicyclic) bond motifs is 3. The van der Waals surface area contributed by atoms with Crippen LogP contribution in [0, 0.1) is 23.7 Å². The number of nitrogens with zero attached hydrogens (tertiary/aromatic N) is 2. The second-order valence-corrected chi connectivity index (χ2v) is 18.7. The molecule has 2 N–H and O–H groups in total. The third kappa shape index (κ3) is 10.0. The topological polar surface area (TPSA) is 129 Å². The van der Waals surface area contributed by atoms with E-state index in [0.717, 1.165) is 78.0 Å². The lowest BCUT2D eigenvalue weighted by atomic mass is 9.55. The first-order valence-electron chi connectivity index (χ1n) is 23.6. The zero-order valence-electron chi connectivity index (χ0n) is 37.6. The van der Waals surface area contributed by atoms with Gasteiger partial charge in [-0.2, -0.15) is 0 Å². The Labute approximate surface area is 383 Å². The molecule has 6 atom stereocenters. The molecule has 64 heavy (non-hydrogen) atoms. The Morgan fingerprint density at radius 1 is 0.938 bits per heavy atom. The molecule has 2 heterocycles. The van der Waals surface area contributed by atoms with Gasteiger partial charge in [0.2, 0.25) is 18.5 Å². The van der Waals surface area contributed by atoms with Crippen molar-refractivity contribution in [2.75, 3.05) is 39.5 Å². The minimum absolute atomic E-state index is 0.0405. The number of hydrogen-bond acceptors (Lipinski definition) is 11. The summed E-state index contributed by atoms with van der Waals surface area (Å²) in [6.07, 6.45) is 17.3. The highest BCUT2D eigenvalue weighted by molar-refractivity contribution is 7.98. The average Bonchev–Trinajstić information content (AvgIpc) is 4.03. The van der Waals surface area contributed by atoms with Gasteiger partial charge in [-0.25, -0.2) is 0 Å². The number of amides is 1. The number of thioether (sulfide) groups is 1. The summed E-state index contributed by atoms with van der Waals surface area (Å²) in [7, 11) is 0. The molecule has 2 saturated carbocycles. The number of aliphatic hydroxyl groups excluding tert-OH is 2. The largest absolute Gasteiger partial charge is 0.459 e. The molecule has 0 bridgehead atoms. The summed E-state index contributed by atoms with van der Waals surface area (Å²) in [5, 5.41) is 24.9. The number of benzene rings is 3. The number of oxime groups is 1. The van der Waals surface area contributed by atoms with Crippen molar-refractivity contribution in [2.45, 2.75) is 120 Å². The molecule has 3 aliphatic carbocycles. The lowest BCUT2D eigenvalue weighted by Gasteiger charge is -2.60. The molecule has 0 radical (unpaired) electrons. The van der Waals surface area contributed by atoms with Crippen molar-refractivity contribution in [1.29, 1.82) is 0 Å². The summed E-state index contributed by atoms with van der Waals surface area (Å²) in [5.74, 6) is 2.32. The van der Waals surface area contributed by atoms with E-state index in [1.807, 2.05) is 54.3 Å². The Morgan fingerprint density at radius 2 is 1.69 bits per heavy atom. The van der Waals surface area contributed by atoms with Crippen LogP contribution in [-0.2, 0) is 20.9 Å².